The normalized spacial score (nSPS) is 12.6. The zero-order valence-electron chi connectivity index (χ0n) is 20.1. The zero-order valence-corrected chi connectivity index (χ0v) is 20.1. The van der Waals surface area contributed by atoms with Crippen molar-refractivity contribution in [3.05, 3.63) is 47.5 Å². The van der Waals surface area contributed by atoms with Gasteiger partial charge in [-0.05, 0) is 45.9 Å². The summed E-state index contributed by atoms with van der Waals surface area (Å²) in [6.45, 7) is 15.5. The van der Waals surface area contributed by atoms with Crippen LogP contribution >= 0.6 is 0 Å². The Kier molecular flexibility index (Phi) is 4.96. The van der Waals surface area contributed by atoms with Gasteiger partial charge in [0.05, 0.1) is 0 Å². The first-order valence-corrected chi connectivity index (χ1v) is 11.0. The number of carbonyl (C=O) groups excluding carboxylic acids is 2. The van der Waals surface area contributed by atoms with Crippen LogP contribution in [-0.2, 0) is 20.4 Å². The molecule has 0 spiro atoms. The van der Waals surface area contributed by atoms with Crippen LogP contribution in [0.1, 0.15) is 66.5 Å². The topological polar surface area (TPSA) is 52.6 Å². The predicted molar refractivity (Wildman–Crippen MR) is 130 cm³/mol. The van der Waals surface area contributed by atoms with E-state index in [0.717, 1.165) is 43.4 Å². The molecule has 0 amide bonds. The van der Waals surface area contributed by atoms with Crippen molar-refractivity contribution in [3.63, 3.8) is 0 Å². The van der Waals surface area contributed by atoms with Crippen LogP contribution < -0.4 is 9.47 Å². The summed E-state index contributed by atoms with van der Waals surface area (Å²) in [5, 5.41) is 5.93. The maximum absolute atomic E-state index is 12.0. The molecule has 4 rings (SSSR count). The SMILES string of the molecule is CC(=O)Oc1c(C(C)(C)C)cc2ccc3cc(C(C)(C)C)c(OC(C)=O)c4ccc1c2c34. The Bertz CT molecular complexity index is 1270. The fourth-order valence-corrected chi connectivity index (χ4v) is 4.52. The standard InChI is InChI=1S/C28H30O4/c1-15(29)31-25-19-11-12-20-24-18(14-22(28(6,7)8)26(20)32-16(2)30)10-9-17(23(19)24)13-21(25)27(3,4)5/h9-14H,1-8H3. The average Bonchev–Trinajstić information content (AvgIpc) is 2.65. The highest BCUT2D eigenvalue weighted by Gasteiger charge is 2.28. The monoisotopic (exact) mass is 430 g/mol. The summed E-state index contributed by atoms with van der Waals surface area (Å²) in [4.78, 5) is 24.0. The molecule has 4 nitrogen and oxygen atoms in total. The van der Waals surface area contributed by atoms with Gasteiger partial charge < -0.3 is 9.47 Å². The summed E-state index contributed by atoms with van der Waals surface area (Å²) in [6.07, 6.45) is 0. The molecule has 0 N–H and O–H groups in total. The first kappa shape index (κ1) is 22.1. The fraction of sp³-hybridized carbons (Fsp3) is 0.357. The highest BCUT2D eigenvalue weighted by atomic mass is 16.5. The van der Waals surface area contributed by atoms with Crippen molar-refractivity contribution in [2.24, 2.45) is 0 Å². The summed E-state index contributed by atoms with van der Waals surface area (Å²) in [7, 11) is 0. The number of hydrogen-bond acceptors (Lipinski definition) is 4. The van der Waals surface area contributed by atoms with Gasteiger partial charge in [0.1, 0.15) is 11.5 Å². The summed E-state index contributed by atoms with van der Waals surface area (Å²) in [5.41, 5.74) is 1.54. The maximum Gasteiger partial charge on any atom is 0.308 e. The largest absolute Gasteiger partial charge is 0.426 e. The molecule has 0 aromatic heterocycles. The van der Waals surface area contributed by atoms with Gasteiger partial charge in [-0.3, -0.25) is 9.59 Å². The van der Waals surface area contributed by atoms with Gasteiger partial charge in [0.2, 0.25) is 0 Å². The van der Waals surface area contributed by atoms with Crippen molar-refractivity contribution < 1.29 is 19.1 Å². The molecule has 0 radical (unpaired) electrons. The van der Waals surface area contributed by atoms with Crippen molar-refractivity contribution in [1.29, 1.82) is 0 Å². The van der Waals surface area contributed by atoms with Crippen molar-refractivity contribution >= 4 is 44.3 Å². The fourth-order valence-electron chi connectivity index (χ4n) is 4.52. The minimum Gasteiger partial charge on any atom is -0.426 e. The minimum atomic E-state index is -0.346. The smallest absolute Gasteiger partial charge is 0.308 e. The third-order valence-corrected chi connectivity index (χ3v) is 5.91. The molecule has 4 heteroatoms. The molecule has 32 heavy (non-hydrogen) atoms. The quantitative estimate of drug-likeness (QED) is 0.195. The highest BCUT2D eigenvalue weighted by Crippen LogP contribution is 2.48. The van der Waals surface area contributed by atoms with Gasteiger partial charge in [0.15, 0.2) is 0 Å². The number of benzene rings is 4. The molecule has 0 unspecified atom stereocenters. The van der Waals surface area contributed by atoms with Crippen molar-refractivity contribution in [3.8, 4) is 11.5 Å². The van der Waals surface area contributed by atoms with Gasteiger partial charge in [0.25, 0.3) is 0 Å². The number of hydrogen-bond donors (Lipinski definition) is 0. The van der Waals surface area contributed by atoms with Gasteiger partial charge in [-0.2, -0.15) is 0 Å². The third-order valence-electron chi connectivity index (χ3n) is 5.91. The van der Waals surface area contributed by atoms with E-state index in [2.05, 4.69) is 65.8 Å². The van der Waals surface area contributed by atoms with E-state index in [4.69, 9.17) is 9.47 Å². The average molecular weight is 431 g/mol. The molecule has 0 atom stereocenters. The van der Waals surface area contributed by atoms with E-state index >= 15 is 0 Å². The van der Waals surface area contributed by atoms with Crippen molar-refractivity contribution in [1.82, 2.24) is 0 Å². The van der Waals surface area contributed by atoms with Gasteiger partial charge in [0, 0.05) is 46.5 Å². The molecule has 0 heterocycles. The predicted octanol–water partition coefficient (Wildman–Crippen LogP) is 7.03. The van der Waals surface area contributed by atoms with E-state index < -0.39 is 0 Å². The molecule has 0 aliphatic heterocycles. The minimum absolute atomic E-state index is 0.211. The molecular weight excluding hydrogens is 400 g/mol. The van der Waals surface area contributed by atoms with Crippen LogP contribution in [0.15, 0.2) is 36.4 Å². The van der Waals surface area contributed by atoms with Crippen LogP contribution in [0.3, 0.4) is 0 Å². The number of esters is 2. The van der Waals surface area contributed by atoms with E-state index in [1.54, 1.807) is 0 Å². The lowest BCUT2D eigenvalue weighted by Crippen LogP contribution is -2.16. The van der Waals surface area contributed by atoms with E-state index in [-0.39, 0.29) is 22.8 Å². The van der Waals surface area contributed by atoms with E-state index in [0.29, 0.717) is 11.5 Å². The van der Waals surface area contributed by atoms with Gasteiger partial charge in [-0.15, -0.1) is 0 Å². The lowest BCUT2D eigenvalue weighted by molar-refractivity contribution is -0.132. The first-order chi connectivity index (χ1) is 14.8. The summed E-state index contributed by atoms with van der Waals surface area (Å²) < 4.78 is 11.6. The van der Waals surface area contributed by atoms with Gasteiger partial charge in [-0.25, -0.2) is 0 Å². The van der Waals surface area contributed by atoms with Crippen LogP contribution in [0.5, 0.6) is 11.5 Å². The molecule has 0 saturated carbocycles. The van der Waals surface area contributed by atoms with Gasteiger partial charge in [-0.1, -0.05) is 53.7 Å². The van der Waals surface area contributed by atoms with Crippen molar-refractivity contribution in [2.45, 2.75) is 66.2 Å². The van der Waals surface area contributed by atoms with E-state index in [1.165, 1.54) is 13.8 Å². The van der Waals surface area contributed by atoms with Crippen molar-refractivity contribution in [2.75, 3.05) is 0 Å². The molecule has 0 saturated heterocycles. The lowest BCUT2D eigenvalue weighted by atomic mass is 9.80. The molecular formula is C28H30O4. The van der Waals surface area contributed by atoms with E-state index in [1.807, 2.05) is 12.1 Å². The highest BCUT2D eigenvalue weighted by molar-refractivity contribution is 6.26. The lowest BCUT2D eigenvalue weighted by Gasteiger charge is -2.27. The number of carbonyl (C=O) groups is 2. The van der Waals surface area contributed by atoms with E-state index in [9.17, 15) is 9.59 Å². The number of ether oxygens (including phenoxy) is 2. The van der Waals surface area contributed by atoms with Crippen LogP contribution in [0, 0.1) is 0 Å². The summed E-state index contributed by atoms with van der Waals surface area (Å²) in [6, 6.07) is 12.4. The van der Waals surface area contributed by atoms with Crippen LogP contribution in [0.2, 0.25) is 0 Å². The Morgan fingerprint density at radius 3 is 1.25 bits per heavy atom. The molecule has 0 fully saturated rings. The second-order valence-electron chi connectivity index (χ2n) is 10.6. The zero-order chi connectivity index (χ0) is 23.6. The Morgan fingerprint density at radius 1 is 0.625 bits per heavy atom. The third kappa shape index (κ3) is 3.58. The molecule has 0 aliphatic carbocycles. The van der Waals surface area contributed by atoms with Crippen LogP contribution in [0.25, 0.3) is 32.3 Å². The molecule has 0 bridgehead atoms. The molecule has 4 aromatic rings. The summed E-state index contributed by atoms with van der Waals surface area (Å²) >= 11 is 0. The Balaban J connectivity index is 2.22. The Morgan fingerprint density at radius 2 is 0.969 bits per heavy atom. The molecule has 166 valence electrons. The Hall–Kier alpha value is -3.14. The maximum atomic E-state index is 12.0. The van der Waals surface area contributed by atoms with Gasteiger partial charge >= 0.3 is 11.9 Å². The number of rotatable bonds is 2. The second kappa shape index (κ2) is 7.19. The van der Waals surface area contributed by atoms with Crippen LogP contribution in [-0.4, -0.2) is 11.9 Å². The second-order valence-corrected chi connectivity index (χ2v) is 10.6. The summed E-state index contributed by atoms with van der Waals surface area (Å²) in [5.74, 6) is 0.504. The van der Waals surface area contributed by atoms with Crippen LogP contribution in [0.4, 0.5) is 0 Å². The molecule has 0 aliphatic rings. The molecule has 4 aromatic carbocycles. The Labute approximate surface area is 188 Å². The first-order valence-electron chi connectivity index (χ1n) is 11.0.